The van der Waals surface area contributed by atoms with Crippen LogP contribution in [0.15, 0.2) is 11.1 Å². The zero-order valence-electron chi connectivity index (χ0n) is 10.8. The summed E-state index contributed by atoms with van der Waals surface area (Å²) in [6.07, 6.45) is 4.50. The normalized spacial score (nSPS) is 16.7. The molecule has 0 heterocycles. The third-order valence-electron chi connectivity index (χ3n) is 3.77. The number of aryl methyl sites for hydroxylation is 1. The van der Waals surface area contributed by atoms with Crippen LogP contribution in [0.1, 0.15) is 36.0 Å². The van der Waals surface area contributed by atoms with E-state index in [4.69, 9.17) is 16.3 Å². The first-order chi connectivity index (χ1) is 8.55. The fourth-order valence-electron chi connectivity index (χ4n) is 2.70. The summed E-state index contributed by atoms with van der Waals surface area (Å²) in [6, 6.07) is 1.91. The van der Waals surface area contributed by atoms with Gasteiger partial charge in [-0.3, -0.25) is 0 Å². The predicted octanol–water partition coefficient (Wildman–Crippen LogP) is 3.68. The van der Waals surface area contributed by atoms with Gasteiger partial charge in [0, 0.05) is 16.1 Å². The molecular weight excluding hydrogens is 250 g/mol. The lowest BCUT2D eigenvalue weighted by atomic mass is 9.70. The van der Waals surface area contributed by atoms with Gasteiger partial charge in [-0.2, -0.15) is 4.99 Å². The predicted molar refractivity (Wildman–Crippen MR) is 71.1 cm³/mol. The minimum Gasteiger partial charge on any atom is -0.496 e. The van der Waals surface area contributed by atoms with E-state index in [1.54, 1.807) is 13.2 Å². The molecule has 0 aromatic heterocycles. The molecule has 1 aromatic carbocycles. The Balaban J connectivity index is 2.70. The van der Waals surface area contributed by atoms with Crippen molar-refractivity contribution in [2.24, 2.45) is 4.99 Å². The Morgan fingerprint density at radius 1 is 1.44 bits per heavy atom. The van der Waals surface area contributed by atoms with E-state index < -0.39 is 5.54 Å². The second-order valence-electron chi connectivity index (χ2n) is 4.80. The highest BCUT2D eigenvalue weighted by Gasteiger charge is 2.42. The molecule has 4 heteroatoms. The minimum atomic E-state index is -0.452. The number of isocyanates is 1. The molecule has 0 radical (unpaired) electrons. The molecule has 2 rings (SSSR count). The van der Waals surface area contributed by atoms with Crippen LogP contribution in [0.3, 0.4) is 0 Å². The van der Waals surface area contributed by atoms with E-state index in [1.165, 1.54) is 0 Å². The zero-order chi connectivity index (χ0) is 13.3. The molecule has 0 N–H and O–H groups in total. The lowest BCUT2D eigenvalue weighted by molar-refractivity contribution is 0.244. The van der Waals surface area contributed by atoms with Gasteiger partial charge in [0.1, 0.15) is 11.3 Å². The van der Waals surface area contributed by atoms with Crippen LogP contribution in [-0.2, 0) is 10.3 Å². The molecule has 18 heavy (non-hydrogen) atoms. The average Bonchev–Trinajstić information content (AvgIpc) is 2.29. The number of ether oxygens (including phenoxy) is 1. The Bertz CT molecular complexity index is 529. The first kappa shape index (κ1) is 13.1. The molecule has 0 atom stereocenters. The van der Waals surface area contributed by atoms with Gasteiger partial charge in [-0.15, -0.1) is 0 Å². The minimum absolute atomic E-state index is 0.452. The van der Waals surface area contributed by atoms with Crippen molar-refractivity contribution in [1.82, 2.24) is 0 Å². The van der Waals surface area contributed by atoms with Crippen molar-refractivity contribution in [2.75, 3.05) is 7.11 Å². The van der Waals surface area contributed by atoms with E-state index in [-0.39, 0.29) is 0 Å². The number of benzene rings is 1. The third kappa shape index (κ3) is 1.84. The molecule has 1 aliphatic rings. The molecule has 0 saturated heterocycles. The Morgan fingerprint density at radius 3 is 2.56 bits per heavy atom. The molecule has 0 unspecified atom stereocenters. The number of methoxy groups -OCH3 is 1. The standard InChI is InChI=1S/C14H16ClNO2/c1-9-7-11(15)10(2)13(18-3)12(9)14(16-8-17)5-4-6-14/h7H,4-6H2,1-3H3. The SMILES string of the molecule is COc1c(C)c(Cl)cc(C)c1C1(N=C=O)CCC1. The second-order valence-corrected chi connectivity index (χ2v) is 5.20. The van der Waals surface area contributed by atoms with E-state index in [1.807, 2.05) is 19.9 Å². The molecule has 1 saturated carbocycles. The number of aliphatic imine (C=N–C) groups is 1. The van der Waals surface area contributed by atoms with Gasteiger partial charge in [-0.1, -0.05) is 11.6 Å². The Labute approximate surface area is 112 Å². The van der Waals surface area contributed by atoms with E-state index in [9.17, 15) is 4.79 Å². The summed E-state index contributed by atoms with van der Waals surface area (Å²) in [4.78, 5) is 14.7. The number of hydrogen-bond acceptors (Lipinski definition) is 3. The van der Waals surface area contributed by atoms with Crippen molar-refractivity contribution in [3.8, 4) is 5.75 Å². The summed E-state index contributed by atoms with van der Waals surface area (Å²) in [5.41, 5.74) is 2.45. The fourth-order valence-corrected chi connectivity index (χ4v) is 2.95. The maximum absolute atomic E-state index is 10.7. The number of carbonyl (C=O) groups excluding carboxylic acids is 1. The highest BCUT2D eigenvalue weighted by Crippen LogP contribution is 2.51. The fraction of sp³-hybridized carbons (Fsp3) is 0.500. The van der Waals surface area contributed by atoms with Crippen molar-refractivity contribution < 1.29 is 9.53 Å². The maximum Gasteiger partial charge on any atom is 0.235 e. The molecule has 0 spiro atoms. The summed E-state index contributed by atoms with van der Waals surface area (Å²) in [5, 5.41) is 0.678. The summed E-state index contributed by atoms with van der Waals surface area (Å²) in [5.74, 6) is 0.749. The van der Waals surface area contributed by atoms with E-state index in [2.05, 4.69) is 4.99 Å². The van der Waals surface area contributed by atoms with Gasteiger partial charge >= 0.3 is 0 Å². The second kappa shape index (κ2) is 4.75. The van der Waals surface area contributed by atoms with Crippen LogP contribution in [0.25, 0.3) is 0 Å². The topological polar surface area (TPSA) is 38.7 Å². The lowest BCUT2D eigenvalue weighted by Crippen LogP contribution is -2.33. The van der Waals surface area contributed by atoms with Gasteiger partial charge in [0.2, 0.25) is 6.08 Å². The van der Waals surface area contributed by atoms with Gasteiger partial charge in [0.25, 0.3) is 0 Å². The van der Waals surface area contributed by atoms with Gasteiger partial charge in [-0.25, -0.2) is 4.79 Å². The first-order valence-electron chi connectivity index (χ1n) is 5.99. The van der Waals surface area contributed by atoms with Crippen LogP contribution in [0.5, 0.6) is 5.75 Å². The van der Waals surface area contributed by atoms with E-state index in [0.29, 0.717) is 5.02 Å². The van der Waals surface area contributed by atoms with Crippen molar-refractivity contribution in [3.63, 3.8) is 0 Å². The van der Waals surface area contributed by atoms with Crippen LogP contribution in [-0.4, -0.2) is 13.2 Å². The van der Waals surface area contributed by atoms with Crippen LogP contribution < -0.4 is 4.74 Å². The molecule has 0 amide bonds. The van der Waals surface area contributed by atoms with Crippen molar-refractivity contribution >= 4 is 17.7 Å². The van der Waals surface area contributed by atoms with Gasteiger partial charge in [0.15, 0.2) is 0 Å². The summed E-state index contributed by atoms with van der Waals surface area (Å²) < 4.78 is 5.49. The molecule has 96 valence electrons. The maximum atomic E-state index is 10.7. The van der Waals surface area contributed by atoms with Crippen molar-refractivity contribution in [3.05, 3.63) is 27.8 Å². The van der Waals surface area contributed by atoms with E-state index in [0.717, 1.165) is 41.7 Å². The quantitative estimate of drug-likeness (QED) is 0.618. The number of halogens is 1. The largest absolute Gasteiger partial charge is 0.496 e. The van der Waals surface area contributed by atoms with E-state index >= 15 is 0 Å². The van der Waals surface area contributed by atoms with Crippen LogP contribution in [0.2, 0.25) is 5.02 Å². The zero-order valence-corrected chi connectivity index (χ0v) is 11.6. The molecular formula is C14H16ClNO2. The smallest absolute Gasteiger partial charge is 0.235 e. The Hall–Kier alpha value is -1.31. The third-order valence-corrected chi connectivity index (χ3v) is 4.17. The molecule has 0 aliphatic heterocycles. The van der Waals surface area contributed by atoms with Crippen molar-refractivity contribution in [2.45, 2.75) is 38.6 Å². The van der Waals surface area contributed by atoms with Gasteiger partial charge in [-0.05, 0) is 44.7 Å². The molecule has 1 aromatic rings. The molecule has 3 nitrogen and oxygen atoms in total. The first-order valence-corrected chi connectivity index (χ1v) is 6.37. The monoisotopic (exact) mass is 265 g/mol. The van der Waals surface area contributed by atoms with Gasteiger partial charge < -0.3 is 4.74 Å². The number of rotatable bonds is 3. The highest BCUT2D eigenvalue weighted by atomic mass is 35.5. The number of hydrogen-bond donors (Lipinski definition) is 0. The summed E-state index contributed by atoms with van der Waals surface area (Å²) in [7, 11) is 1.62. The highest BCUT2D eigenvalue weighted by molar-refractivity contribution is 6.31. The van der Waals surface area contributed by atoms with Crippen LogP contribution in [0.4, 0.5) is 0 Å². The Morgan fingerprint density at radius 2 is 2.11 bits per heavy atom. The summed E-state index contributed by atoms with van der Waals surface area (Å²) >= 11 is 6.17. The summed E-state index contributed by atoms with van der Waals surface area (Å²) in [6.45, 7) is 3.89. The molecule has 1 aliphatic carbocycles. The Kier molecular flexibility index (Phi) is 3.47. The molecule has 1 fully saturated rings. The van der Waals surface area contributed by atoms with Crippen LogP contribution >= 0.6 is 11.6 Å². The number of nitrogens with zero attached hydrogens (tertiary/aromatic N) is 1. The lowest BCUT2D eigenvalue weighted by Gasteiger charge is -2.39. The average molecular weight is 266 g/mol. The molecule has 0 bridgehead atoms. The van der Waals surface area contributed by atoms with Crippen LogP contribution in [0, 0.1) is 13.8 Å². The van der Waals surface area contributed by atoms with Gasteiger partial charge in [0.05, 0.1) is 7.11 Å². The van der Waals surface area contributed by atoms with Crippen molar-refractivity contribution in [1.29, 1.82) is 0 Å².